The zero-order chi connectivity index (χ0) is 22.4. The van der Waals surface area contributed by atoms with Crippen molar-refractivity contribution in [3.8, 4) is 5.75 Å². The van der Waals surface area contributed by atoms with Crippen LogP contribution in [0.2, 0.25) is 0 Å². The average Bonchev–Trinajstić information content (AvgIpc) is 3.19. The molecule has 2 aromatic heterocycles. The Kier molecular flexibility index (Phi) is 5.15. The lowest BCUT2D eigenvalue weighted by atomic mass is 9.83. The maximum Gasteiger partial charge on any atom is 0.275 e. The van der Waals surface area contributed by atoms with E-state index in [9.17, 15) is 14.8 Å². The third-order valence-corrected chi connectivity index (χ3v) is 6.69. The van der Waals surface area contributed by atoms with Crippen LogP contribution in [0, 0.1) is 11.1 Å². The van der Waals surface area contributed by atoms with Gasteiger partial charge in [-0.1, -0.05) is 0 Å². The minimum Gasteiger partial charge on any atom is -0.733 e. The van der Waals surface area contributed by atoms with E-state index in [1.165, 1.54) is 6.07 Å². The number of aromatic nitrogens is 2. The number of rotatable bonds is 5. The molecule has 0 aliphatic carbocycles. The Labute approximate surface area is 184 Å². The van der Waals surface area contributed by atoms with Crippen molar-refractivity contribution in [3.63, 3.8) is 0 Å². The lowest BCUT2D eigenvalue weighted by Crippen LogP contribution is -2.49. The molecule has 2 bridgehead atoms. The number of carbonyl (C=O) groups is 1. The molecule has 2 atom stereocenters. The SMILES string of the molecule is COc1ccc2c(ccn2CCC(=O)N2CC3CC(C2)c2ccc(N([O-])O)c(=O)n2C3)c1. The number of carbonyl (C=O) groups excluding carboxylic acids is 1. The van der Waals surface area contributed by atoms with Crippen molar-refractivity contribution < 1.29 is 14.7 Å². The van der Waals surface area contributed by atoms with Crippen LogP contribution in [-0.2, 0) is 17.9 Å². The Morgan fingerprint density at radius 2 is 2.06 bits per heavy atom. The summed E-state index contributed by atoms with van der Waals surface area (Å²) in [5.41, 5.74) is 1.12. The summed E-state index contributed by atoms with van der Waals surface area (Å²) in [6, 6.07) is 11.0. The van der Waals surface area contributed by atoms with Crippen LogP contribution in [0.4, 0.5) is 5.69 Å². The van der Waals surface area contributed by atoms with E-state index < -0.39 is 5.56 Å². The van der Waals surface area contributed by atoms with Crippen molar-refractivity contribution >= 4 is 22.5 Å². The molecular formula is C23H25N4O5-. The summed E-state index contributed by atoms with van der Waals surface area (Å²) in [4.78, 5) is 27.5. The highest BCUT2D eigenvalue weighted by Gasteiger charge is 2.36. The topological polar surface area (TPSA) is 103 Å². The third kappa shape index (κ3) is 3.53. The fraction of sp³-hybridized carbons (Fsp3) is 0.391. The van der Waals surface area contributed by atoms with Crippen LogP contribution in [0.5, 0.6) is 5.75 Å². The average molecular weight is 437 g/mol. The van der Waals surface area contributed by atoms with Crippen LogP contribution in [0.15, 0.2) is 47.4 Å². The van der Waals surface area contributed by atoms with Gasteiger partial charge in [0, 0.05) is 61.3 Å². The molecule has 3 aromatic rings. The summed E-state index contributed by atoms with van der Waals surface area (Å²) in [5, 5.41) is 21.1. The van der Waals surface area contributed by atoms with Gasteiger partial charge >= 0.3 is 0 Å². The lowest BCUT2D eigenvalue weighted by Gasteiger charge is -2.43. The monoisotopic (exact) mass is 437 g/mol. The third-order valence-electron chi connectivity index (χ3n) is 6.69. The molecule has 1 aromatic carbocycles. The van der Waals surface area contributed by atoms with Gasteiger partial charge in [0.2, 0.25) is 5.91 Å². The maximum absolute atomic E-state index is 13.0. The number of hydrogen-bond acceptors (Lipinski definition) is 6. The van der Waals surface area contributed by atoms with E-state index in [0.29, 0.717) is 32.6 Å². The van der Waals surface area contributed by atoms with Gasteiger partial charge in [0.05, 0.1) is 7.11 Å². The van der Waals surface area contributed by atoms with E-state index in [2.05, 4.69) is 4.57 Å². The van der Waals surface area contributed by atoms with E-state index in [4.69, 9.17) is 9.94 Å². The summed E-state index contributed by atoms with van der Waals surface area (Å²) in [6.07, 6.45) is 3.30. The van der Waals surface area contributed by atoms with E-state index >= 15 is 0 Å². The molecule has 2 aliphatic rings. The number of hydrogen-bond donors (Lipinski definition) is 1. The summed E-state index contributed by atoms with van der Waals surface area (Å²) >= 11 is 0. The van der Waals surface area contributed by atoms with Gasteiger partial charge in [0.15, 0.2) is 0 Å². The molecule has 9 heteroatoms. The molecule has 2 aliphatic heterocycles. The lowest BCUT2D eigenvalue weighted by molar-refractivity contribution is -0.134. The minimum atomic E-state index is -0.481. The fourth-order valence-corrected chi connectivity index (χ4v) is 5.16. The molecular weight excluding hydrogens is 412 g/mol. The summed E-state index contributed by atoms with van der Waals surface area (Å²) in [6.45, 7) is 2.18. The number of likely N-dealkylation sites (tertiary alicyclic amines) is 1. The Balaban J connectivity index is 1.29. The first-order valence-corrected chi connectivity index (χ1v) is 10.7. The van der Waals surface area contributed by atoms with Crippen LogP contribution in [0.1, 0.15) is 24.5 Å². The molecule has 1 fully saturated rings. The number of pyridine rings is 1. The number of anilines is 1. The predicted molar refractivity (Wildman–Crippen MR) is 119 cm³/mol. The Hall–Kier alpha value is -3.30. The van der Waals surface area contributed by atoms with Crippen LogP contribution < -0.4 is 15.5 Å². The zero-order valence-corrected chi connectivity index (χ0v) is 17.8. The molecule has 1 amide bonds. The number of aryl methyl sites for hydroxylation is 1. The highest BCUT2D eigenvalue weighted by atomic mass is 16.8. The summed E-state index contributed by atoms with van der Waals surface area (Å²) in [7, 11) is 1.64. The standard InChI is InChI=1S/C23H25N4O5/c1-32-18-2-3-19-16(11-18)6-8-24(19)9-7-22(28)25-12-15-10-17(14-25)20-4-5-21(27(30)31)23(29)26(20)13-15/h2-6,8,11,15,17,30H,7,9-10,12-14H2,1H3/q-1. The van der Waals surface area contributed by atoms with E-state index in [0.717, 1.165) is 28.8 Å². The molecule has 0 saturated carbocycles. The van der Waals surface area contributed by atoms with Crippen LogP contribution in [-0.4, -0.2) is 45.3 Å². The largest absolute Gasteiger partial charge is 0.733 e. The second kappa shape index (κ2) is 7.99. The molecule has 9 nitrogen and oxygen atoms in total. The van der Waals surface area contributed by atoms with Gasteiger partial charge in [-0.25, -0.2) is 0 Å². The van der Waals surface area contributed by atoms with Gasteiger partial charge in [0.25, 0.3) is 5.56 Å². The smallest absolute Gasteiger partial charge is 0.275 e. The number of nitrogens with zero attached hydrogens (tertiary/aromatic N) is 4. The molecule has 5 rings (SSSR count). The number of fused-ring (bicyclic) bond motifs is 5. The number of ether oxygens (including phenoxy) is 1. The second-order valence-electron chi connectivity index (χ2n) is 8.61. The van der Waals surface area contributed by atoms with Gasteiger partial charge in [-0.15, -0.1) is 0 Å². The van der Waals surface area contributed by atoms with Gasteiger partial charge in [-0.05, 0) is 48.7 Å². The quantitative estimate of drug-likeness (QED) is 0.616. The summed E-state index contributed by atoms with van der Waals surface area (Å²) in [5.74, 6) is 1.10. The number of benzene rings is 1. The molecule has 0 radical (unpaired) electrons. The highest BCUT2D eigenvalue weighted by molar-refractivity contribution is 5.82. The van der Waals surface area contributed by atoms with Crippen molar-refractivity contribution in [2.75, 3.05) is 25.4 Å². The predicted octanol–water partition coefficient (Wildman–Crippen LogP) is 2.54. The number of methoxy groups -OCH3 is 1. The Bertz CT molecular complexity index is 1230. The van der Waals surface area contributed by atoms with Gasteiger partial charge in [-0.2, -0.15) is 0 Å². The van der Waals surface area contributed by atoms with Crippen LogP contribution >= 0.6 is 0 Å². The molecule has 0 spiro atoms. The Morgan fingerprint density at radius 1 is 1.22 bits per heavy atom. The number of amides is 1. The summed E-state index contributed by atoms with van der Waals surface area (Å²) < 4.78 is 8.94. The maximum atomic E-state index is 13.0. The van der Waals surface area contributed by atoms with Crippen molar-refractivity contribution in [3.05, 3.63) is 63.9 Å². The van der Waals surface area contributed by atoms with E-state index in [1.807, 2.05) is 35.4 Å². The zero-order valence-electron chi connectivity index (χ0n) is 17.8. The molecule has 32 heavy (non-hydrogen) atoms. The fourth-order valence-electron chi connectivity index (χ4n) is 5.16. The second-order valence-corrected chi connectivity index (χ2v) is 8.61. The number of piperidine rings is 1. The molecule has 4 heterocycles. The van der Waals surface area contributed by atoms with E-state index in [1.54, 1.807) is 17.7 Å². The van der Waals surface area contributed by atoms with E-state index in [-0.39, 0.29) is 28.7 Å². The van der Waals surface area contributed by atoms with Gasteiger partial charge in [0.1, 0.15) is 11.4 Å². The van der Waals surface area contributed by atoms with Gasteiger partial charge in [-0.3, -0.25) is 14.8 Å². The molecule has 1 saturated heterocycles. The highest BCUT2D eigenvalue weighted by Crippen LogP contribution is 2.36. The Morgan fingerprint density at radius 3 is 2.84 bits per heavy atom. The first-order valence-electron chi connectivity index (χ1n) is 10.7. The first-order chi connectivity index (χ1) is 15.4. The van der Waals surface area contributed by atoms with Crippen molar-refractivity contribution in [2.45, 2.75) is 31.8 Å². The van der Waals surface area contributed by atoms with Crippen molar-refractivity contribution in [1.29, 1.82) is 0 Å². The molecule has 1 N–H and O–H groups in total. The van der Waals surface area contributed by atoms with Crippen molar-refractivity contribution in [1.82, 2.24) is 14.0 Å². The van der Waals surface area contributed by atoms with Crippen LogP contribution in [0.25, 0.3) is 10.9 Å². The molecule has 2 unspecified atom stereocenters. The minimum absolute atomic E-state index is 0.0480. The van der Waals surface area contributed by atoms with Crippen LogP contribution in [0.3, 0.4) is 0 Å². The first kappa shape index (κ1) is 20.6. The van der Waals surface area contributed by atoms with Crippen molar-refractivity contribution in [2.24, 2.45) is 5.92 Å². The normalized spacial score (nSPS) is 19.7. The van der Waals surface area contributed by atoms with Gasteiger partial charge < -0.3 is 29.2 Å². The molecule has 168 valence electrons.